The minimum atomic E-state index is -0.103. The third-order valence-electron chi connectivity index (χ3n) is 14.1. The molecule has 7 heteroatoms. The fourth-order valence-electron chi connectivity index (χ4n) is 9.86. The van der Waals surface area contributed by atoms with Crippen LogP contribution in [0, 0.1) is 11.8 Å². The molecule has 1 unspecified atom stereocenters. The minimum absolute atomic E-state index is 0.0985. The van der Waals surface area contributed by atoms with Gasteiger partial charge in [0.05, 0.1) is 13.0 Å². The Labute approximate surface area is 432 Å². The maximum absolute atomic E-state index is 12.3. The average molecular weight is 969 g/mol. The van der Waals surface area contributed by atoms with Gasteiger partial charge in [-0.2, -0.15) is 9.59 Å². The summed E-state index contributed by atoms with van der Waals surface area (Å²) in [5, 5.41) is 0. The maximum Gasteiger partial charge on any atom is 0.373 e. The highest BCUT2D eigenvalue weighted by Crippen LogP contribution is 2.36. The number of hydrogen-bond donors (Lipinski definition) is 0. The van der Waals surface area contributed by atoms with Gasteiger partial charge in [-0.25, -0.2) is 0 Å². The Morgan fingerprint density at radius 1 is 0.556 bits per heavy atom. The lowest BCUT2D eigenvalue weighted by atomic mass is 9.83. The van der Waals surface area contributed by atoms with E-state index >= 15 is 0 Å². The lowest BCUT2D eigenvalue weighted by Gasteiger charge is -2.22. The molecule has 0 aliphatic carbocycles. The summed E-state index contributed by atoms with van der Waals surface area (Å²) in [7, 11) is 1.49. The van der Waals surface area contributed by atoms with Crippen molar-refractivity contribution in [2.75, 3.05) is 33.3 Å². The van der Waals surface area contributed by atoms with E-state index in [0.29, 0.717) is 42.3 Å². The fraction of sp³-hybridized carbons (Fsp3) is 0.400. The van der Waals surface area contributed by atoms with Crippen molar-refractivity contribution in [1.29, 1.82) is 0 Å². The molecule has 2 fully saturated rings. The van der Waals surface area contributed by atoms with E-state index in [0.717, 1.165) is 39.0 Å². The summed E-state index contributed by atoms with van der Waals surface area (Å²) < 4.78 is 5.08. The highest BCUT2D eigenvalue weighted by atomic mass is 16.5. The van der Waals surface area contributed by atoms with Gasteiger partial charge in [0.2, 0.25) is 0 Å². The summed E-state index contributed by atoms with van der Waals surface area (Å²) in [5.41, 5.74) is 12.3. The highest BCUT2D eigenvalue weighted by molar-refractivity contribution is 5.79. The van der Waals surface area contributed by atoms with Crippen molar-refractivity contribution in [1.82, 2.24) is 9.80 Å². The van der Waals surface area contributed by atoms with Crippen molar-refractivity contribution in [3.8, 4) is 0 Å². The molecule has 6 aromatic rings. The van der Waals surface area contributed by atoms with Crippen molar-refractivity contribution < 1.29 is 23.9 Å². The fourth-order valence-corrected chi connectivity index (χ4v) is 9.86. The van der Waals surface area contributed by atoms with Crippen LogP contribution in [0.15, 0.2) is 164 Å². The Balaban J connectivity index is 0.000000196. The van der Waals surface area contributed by atoms with Crippen LogP contribution in [0.5, 0.6) is 0 Å². The second kappa shape index (κ2) is 28.7. The number of likely N-dealkylation sites (tertiary alicyclic amines) is 2. The van der Waals surface area contributed by atoms with E-state index in [2.05, 4.69) is 205 Å². The minimum Gasteiger partial charge on any atom is -0.469 e. The third-order valence-corrected chi connectivity index (χ3v) is 14.1. The number of aryl methyl sites for hydroxylation is 2. The zero-order valence-electron chi connectivity index (χ0n) is 44.6. The molecule has 0 N–H and O–H groups in total. The number of rotatable bonds is 15. The van der Waals surface area contributed by atoms with E-state index < -0.39 is 0 Å². The van der Waals surface area contributed by atoms with Gasteiger partial charge in [-0.3, -0.25) is 19.4 Å². The number of methoxy groups -OCH3 is 1. The van der Waals surface area contributed by atoms with Crippen LogP contribution in [-0.4, -0.2) is 61.0 Å². The van der Waals surface area contributed by atoms with Gasteiger partial charge in [-0.15, -0.1) is 0 Å². The lowest BCUT2D eigenvalue weighted by Crippen LogP contribution is -2.24. The van der Waals surface area contributed by atoms with E-state index in [1.807, 2.05) is 24.3 Å². The zero-order valence-corrected chi connectivity index (χ0v) is 44.6. The molecule has 2 heterocycles. The summed E-state index contributed by atoms with van der Waals surface area (Å²) in [5.74, 6) is 2.77. The van der Waals surface area contributed by atoms with Crippen molar-refractivity contribution in [2.24, 2.45) is 11.8 Å². The molecule has 0 bridgehead atoms. The Bertz CT molecular complexity index is 2560. The van der Waals surface area contributed by atoms with Crippen LogP contribution in [0.1, 0.15) is 142 Å². The van der Waals surface area contributed by atoms with Gasteiger partial charge in [0.15, 0.2) is 0 Å². The number of benzene rings is 6. The van der Waals surface area contributed by atoms with Gasteiger partial charge < -0.3 is 4.74 Å². The lowest BCUT2D eigenvalue weighted by molar-refractivity contribution is -0.191. The number of nitrogens with zero attached hydrogens (tertiary/aromatic N) is 2. The van der Waals surface area contributed by atoms with Crippen LogP contribution >= 0.6 is 0 Å². The molecule has 0 saturated carbocycles. The Hall–Kier alpha value is -6.24. The molecule has 2 aliphatic rings. The molecular weight excluding hydrogens is 889 g/mol. The van der Waals surface area contributed by atoms with Crippen molar-refractivity contribution in [3.05, 3.63) is 214 Å². The first-order chi connectivity index (χ1) is 34.6. The predicted molar refractivity (Wildman–Crippen MR) is 293 cm³/mol. The Morgan fingerprint density at radius 3 is 1.57 bits per heavy atom. The quantitative estimate of drug-likeness (QED) is 0.0948. The van der Waals surface area contributed by atoms with Crippen molar-refractivity contribution >= 4 is 17.9 Å². The molecule has 0 radical (unpaired) electrons. The number of Topliss-reactive ketones (excluding diaryl/α,β-unsaturated/α-hetero) is 1. The molecule has 0 aromatic heterocycles. The monoisotopic (exact) mass is 969 g/mol. The summed E-state index contributed by atoms with van der Waals surface area (Å²) in [6.45, 7) is 24.0. The van der Waals surface area contributed by atoms with Crippen LogP contribution in [0.2, 0.25) is 0 Å². The Morgan fingerprint density at radius 2 is 1.04 bits per heavy atom. The zero-order chi connectivity index (χ0) is 52.0. The number of hydrogen-bond acceptors (Lipinski definition) is 7. The predicted octanol–water partition coefficient (Wildman–Crippen LogP) is 13.8. The van der Waals surface area contributed by atoms with Gasteiger partial charge >= 0.3 is 12.1 Å². The van der Waals surface area contributed by atoms with Gasteiger partial charge in [0.25, 0.3) is 0 Å². The largest absolute Gasteiger partial charge is 0.469 e. The van der Waals surface area contributed by atoms with Gasteiger partial charge in [0.1, 0.15) is 5.78 Å². The first-order valence-corrected chi connectivity index (χ1v) is 26.0. The number of carbonyl (C=O) groups is 2. The second-order valence-electron chi connectivity index (χ2n) is 21.4. The summed E-state index contributed by atoms with van der Waals surface area (Å²) >= 11 is 0. The number of ketones is 1. The highest BCUT2D eigenvalue weighted by Gasteiger charge is 2.39. The molecule has 0 spiro atoms. The topological polar surface area (TPSA) is 84.0 Å². The smallest absolute Gasteiger partial charge is 0.373 e. The summed E-state index contributed by atoms with van der Waals surface area (Å²) in [6.07, 6.45) is 3.25. The molecule has 380 valence electrons. The Kier molecular flexibility index (Phi) is 22.6. The van der Waals surface area contributed by atoms with Crippen molar-refractivity contribution in [3.63, 3.8) is 0 Å². The molecule has 2 aliphatic heterocycles. The number of esters is 1. The molecule has 72 heavy (non-hydrogen) atoms. The number of carbonyl (C=O) groups excluding carboxylic acids is 4. The third kappa shape index (κ3) is 18.1. The number of ether oxygens (including phenoxy) is 1. The van der Waals surface area contributed by atoms with Crippen LogP contribution in [0.3, 0.4) is 0 Å². The first kappa shape index (κ1) is 56.7. The van der Waals surface area contributed by atoms with E-state index in [-0.39, 0.29) is 29.4 Å². The molecule has 0 amide bonds. The van der Waals surface area contributed by atoms with E-state index in [1.54, 1.807) is 0 Å². The standard InChI is InChI=1S/C22H27NO2.C22H29N.C20H24O.CO2/c1-16(2)18-9-11-19(12-10-18)20-14-23(15-21(20)22(24)25-3)13-17-7-5-4-6-8-17;1-17-14-23(15-18-9-6-5-7-10-18)16-21(17)19-11-8-12-20(13-19)22(2,3)4;1-16(2)19-10-6-9-18(15-19)12-14-20(21)13-11-17-7-4-3-5-8-17;2-1-3/h4-12,16,20-21H,13-15H2,1-3H3;5-13,17,21H,14-16H2,1-4H3;3-10,15-16H,11-14H2,1-2H3;/t20-,21+;17-,21?;;/m10../s1. The van der Waals surface area contributed by atoms with E-state index in [1.165, 1.54) is 70.3 Å². The first-order valence-electron chi connectivity index (χ1n) is 26.0. The molecule has 4 atom stereocenters. The van der Waals surface area contributed by atoms with Gasteiger partial charge in [-0.1, -0.05) is 219 Å². The normalized spacial score (nSPS) is 17.7. The molecule has 7 nitrogen and oxygen atoms in total. The molecule has 8 rings (SSSR count). The molecule has 2 saturated heterocycles. The van der Waals surface area contributed by atoms with E-state index in [4.69, 9.17) is 14.3 Å². The maximum atomic E-state index is 12.3. The van der Waals surface area contributed by atoms with Crippen LogP contribution in [0.25, 0.3) is 0 Å². The molecule has 6 aromatic carbocycles. The summed E-state index contributed by atoms with van der Waals surface area (Å²) in [4.78, 5) is 45.5. The van der Waals surface area contributed by atoms with Crippen molar-refractivity contribution in [2.45, 2.75) is 123 Å². The van der Waals surface area contributed by atoms with Gasteiger partial charge in [-0.05, 0) is 86.1 Å². The van der Waals surface area contributed by atoms with Gasteiger partial charge in [0, 0.05) is 63.9 Å². The summed E-state index contributed by atoms with van der Waals surface area (Å²) in [6, 6.07) is 58.1. The van der Waals surface area contributed by atoms with E-state index in [9.17, 15) is 9.59 Å². The van der Waals surface area contributed by atoms with Crippen LogP contribution < -0.4 is 0 Å². The second-order valence-corrected chi connectivity index (χ2v) is 21.4. The molecular formula is C65H80N2O5. The van der Waals surface area contributed by atoms with Crippen LogP contribution in [-0.2, 0) is 55.3 Å². The van der Waals surface area contributed by atoms with Crippen LogP contribution in [0.4, 0.5) is 0 Å². The SMILES string of the molecule is CC(C)c1cccc(CCC(=O)CCc2ccccc2)c1.COC(=O)[C@H]1CN(Cc2ccccc2)C[C@@H]1c1ccc(C(C)C)cc1.C[C@H]1CN(Cc2ccccc2)CC1c1cccc(C(C)(C)C)c1.O=C=O. The average Bonchev–Trinajstić information content (AvgIpc) is 3.98.